The summed E-state index contributed by atoms with van der Waals surface area (Å²) in [6.45, 7) is 3.97. The van der Waals surface area contributed by atoms with Crippen LogP contribution in [0, 0.1) is 13.8 Å². The van der Waals surface area contributed by atoms with Crippen LogP contribution in [0.3, 0.4) is 0 Å². The summed E-state index contributed by atoms with van der Waals surface area (Å²) < 4.78 is 0. The molecule has 6 rings (SSSR count). The third-order valence-corrected chi connectivity index (χ3v) is 5.95. The first-order chi connectivity index (χ1) is 17.5. The van der Waals surface area contributed by atoms with E-state index in [1.165, 1.54) is 0 Å². The maximum absolute atomic E-state index is 10.6. The zero-order valence-corrected chi connectivity index (χ0v) is 19.8. The number of benzene rings is 4. The first-order valence-corrected chi connectivity index (χ1v) is 11.6. The number of hydrogen-bond acceptors (Lipinski definition) is 6. The van der Waals surface area contributed by atoms with E-state index in [4.69, 9.17) is 9.97 Å². The largest absolute Gasteiger partial charge is 0.507 e. The summed E-state index contributed by atoms with van der Waals surface area (Å²) in [5.74, 6) is 1.60. The Balaban J connectivity index is 1.43. The van der Waals surface area contributed by atoms with Gasteiger partial charge in [0.1, 0.15) is 16.8 Å². The molecule has 0 bridgehead atoms. The average molecular weight is 471 g/mol. The summed E-state index contributed by atoms with van der Waals surface area (Å²) in [6.07, 6.45) is 0. The van der Waals surface area contributed by atoms with Crippen LogP contribution >= 0.6 is 0 Å². The van der Waals surface area contributed by atoms with Gasteiger partial charge in [-0.15, -0.1) is 10.2 Å². The Labute approximate surface area is 207 Å². The Morgan fingerprint density at radius 2 is 1.19 bits per heavy atom. The molecule has 6 aromatic rings. The minimum Gasteiger partial charge on any atom is -0.507 e. The summed E-state index contributed by atoms with van der Waals surface area (Å²) >= 11 is 0. The number of aromatic nitrogens is 6. The molecule has 174 valence electrons. The van der Waals surface area contributed by atoms with Gasteiger partial charge in [-0.3, -0.25) is 0 Å². The van der Waals surface area contributed by atoms with Crippen molar-refractivity contribution < 1.29 is 5.11 Å². The Hall–Kier alpha value is -4.91. The molecule has 0 aliphatic rings. The zero-order valence-electron chi connectivity index (χ0n) is 19.8. The van der Waals surface area contributed by atoms with Crippen molar-refractivity contribution in [3.05, 3.63) is 102 Å². The number of rotatable bonds is 4. The number of nitrogens with zero attached hydrogens (tertiary/aromatic N) is 6. The van der Waals surface area contributed by atoms with Crippen LogP contribution in [0.4, 0.5) is 0 Å². The van der Waals surface area contributed by atoms with Gasteiger partial charge in [0.05, 0.1) is 11.3 Å². The van der Waals surface area contributed by atoms with Crippen LogP contribution in [0.25, 0.3) is 50.9 Å². The van der Waals surface area contributed by atoms with Crippen molar-refractivity contribution in [3.8, 4) is 45.6 Å². The van der Waals surface area contributed by atoms with Gasteiger partial charge in [0.15, 0.2) is 17.5 Å². The second kappa shape index (κ2) is 8.70. The second-order valence-corrected chi connectivity index (χ2v) is 8.72. The van der Waals surface area contributed by atoms with Gasteiger partial charge in [0.2, 0.25) is 0 Å². The minimum atomic E-state index is 0.133. The maximum Gasteiger partial charge on any atom is 0.167 e. The van der Waals surface area contributed by atoms with Gasteiger partial charge in [0, 0.05) is 11.1 Å². The maximum atomic E-state index is 10.6. The molecular weight excluding hydrogens is 448 g/mol. The monoisotopic (exact) mass is 470 g/mol. The summed E-state index contributed by atoms with van der Waals surface area (Å²) in [5.41, 5.74) is 6.88. The van der Waals surface area contributed by atoms with E-state index in [2.05, 4.69) is 15.2 Å². The van der Waals surface area contributed by atoms with Crippen molar-refractivity contribution >= 4 is 11.0 Å². The lowest BCUT2D eigenvalue weighted by Crippen LogP contribution is -2.01. The molecule has 7 heteroatoms. The first-order valence-electron chi connectivity index (χ1n) is 11.6. The van der Waals surface area contributed by atoms with Crippen LogP contribution in [0.2, 0.25) is 0 Å². The molecule has 0 aliphatic heterocycles. The Bertz CT molecular complexity index is 1710. The van der Waals surface area contributed by atoms with Gasteiger partial charge in [-0.1, -0.05) is 42.5 Å². The first kappa shape index (κ1) is 21.6. The number of hydrogen-bond donors (Lipinski definition) is 1. The average Bonchev–Trinajstić information content (AvgIpc) is 3.32. The van der Waals surface area contributed by atoms with Gasteiger partial charge in [-0.25, -0.2) is 15.0 Å². The van der Waals surface area contributed by atoms with Crippen molar-refractivity contribution in [1.82, 2.24) is 29.9 Å². The number of fused-ring (bicyclic) bond motifs is 1. The molecule has 0 fully saturated rings. The molecule has 0 unspecified atom stereocenters. The molecule has 0 aliphatic carbocycles. The van der Waals surface area contributed by atoms with E-state index in [9.17, 15) is 5.11 Å². The molecule has 7 nitrogen and oxygen atoms in total. The lowest BCUT2D eigenvalue weighted by atomic mass is 10.1. The Morgan fingerprint density at radius 1 is 0.583 bits per heavy atom. The molecule has 0 atom stereocenters. The highest BCUT2D eigenvalue weighted by molar-refractivity contribution is 5.75. The van der Waals surface area contributed by atoms with Crippen molar-refractivity contribution in [2.24, 2.45) is 0 Å². The SMILES string of the molecule is Cc1ccc(-c2nc(-c3ccccc3)nc(-c3ccc(-n4nc5ccc(C)cc5n4)cc3)n2)c(O)c1. The van der Waals surface area contributed by atoms with E-state index in [0.717, 1.165) is 39.0 Å². The van der Waals surface area contributed by atoms with Gasteiger partial charge in [-0.2, -0.15) is 4.80 Å². The fourth-order valence-corrected chi connectivity index (χ4v) is 4.06. The van der Waals surface area contributed by atoms with Crippen LogP contribution in [-0.4, -0.2) is 35.1 Å². The molecule has 2 aromatic heterocycles. The summed E-state index contributed by atoms with van der Waals surface area (Å²) in [4.78, 5) is 15.8. The van der Waals surface area contributed by atoms with E-state index < -0.39 is 0 Å². The van der Waals surface area contributed by atoms with Gasteiger partial charge in [0.25, 0.3) is 0 Å². The number of aryl methyl sites for hydroxylation is 2. The van der Waals surface area contributed by atoms with Crippen LogP contribution in [0.5, 0.6) is 5.75 Å². The Morgan fingerprint density at radius 3 is 1.92 bits per heavy atom. The highest BCUT2D eigenvalue weighted by atomic mass is 16.3. The molecule has 1 N–H and O–H groups in total. The lowest BCUT2D eigenvalue weighted by Gasteiger charge is -2.10. The molecule has 0 radical (unpaired) electrons. The molecule has 0 amide bonds. The third-order valence-electron chi connectivity index (χ3n) is 5.95. The standard InChI is InChI=1S/C29H22N6O/c1-18-9-15-24-25(16-18)34-35(33-24)22-12-10-21(11-13-22)28-30-27(20-6-4-3-5-7-20)31-29(32-28)23-14-8-19(2)17-26(23)36/h3-17,36H,1-2H3. The topological polar surface area (TPSA) is 89.6 Å². The summed E-state index contributed by atoms with van der Waals surface area (Å²) in [6, 6.07) is 29.0. The predicted molar refractivity (Wildman–Crippen MR) is 140 cm³/mol. The van der Waals surface area contributed by atoms with Gasteiger partial charge < -0.3 is 5.11 Å². The van der Waals surface area contributed by atoms with Crippen molar-refractivity contribution in [2.75, 3.05) is 0 Å². The predicted octanol–water partition coefficient (Wildman–Crippen LogP) is 5.93. The molecule has 36 heavy (non-hydrogen) atoms. The van der Waals surface area contributed by atoms with Gasteiger partial charge in [-0.05, 0) is 73.5 Å². The quantitative estimate of drug-likeness (QED) is 0.344. The second-order valence-electron chi connectivity index (χ2n) is 8.72. The highest BCUT2D eigenvalue weighted by Crippen LogP contribution is 2.30. The molecular formula is C29H22N6O. The van der Waals surface area contributed by atoms with Crippen LogP contribution in [0.15, 0.2) is 91.0 Å². The van der Waals surface area contributed by atoms with Crippen LogP contribution in [-0.2, 0) is 0 Å². The van der Waals surface area contributed by atoms with E-state index in [1.807, 2.05) is 98.8 Å². The van der Waals surface area contributed by atoms with Gasteiger partial charge >= 0.3 is 0 Å². The molecule has 4 aromatic carbocycles. The van der Waals surface area contributed by atoms with Crippen molar-refractivity contribution in [1.29, 1.82) is 0 Å². The zero-order chi connectivity index (χ0) is 24.6. The summed E-state index contributed by atoms with van der Waals surface area (Å²) in [5, 5.41) is 19.8. The van der Waals surface area contributed by atoms with Crippen molar-refractivity contribution in [2.45, 2.75) is 13.8 Å². The van der Waals surface area contributed by atoms with E-state index in [0.29, 0.717) is 23.0 Å². The molecule has 0 spiro atoms. The molecule has 0 saturated carbocycles. The summed E-state index contributed by atoms with van der Waals surface area (Å²) in [7, 11) is 0. The van der Waals surface area contributed by atoms with E-state index in [1.54, 1.807) is 10.9 Å². The normalized spacial score (nSPS) is 11.2. The fraction of sp³-hybridized carbons (Fsp3) is 0.0690. The van der Waals surface area contributed by atoms with Crippen molar-refractivity contribution in [3.63, 3.8) is 0 Å². The van der Waals surface area contributed by atoms with Crippen LogP contribution in [0.1, 0.15) is 11.1 Å². The molecule has 0 saturated heterocycles. The lowest BCUT2D eigenvalue weighted by molar-refractivity contribution is 0.476. The van der Waals surface area contributed by atoms with E-state index in [-0.39, 0.29) is 5.75 Å². The van der Waals surface area contributed by atoms with Crippen LogP contribution < -0.4 is 0 Å². The number of phenols is 1. The van der Waals surface area contributed by atoms with E-state index >= 15 is 0 Å². The number of aromatic hydroxyl groups is 1. The third kappa shape index (κ3) is 4.07. The Kier molecular flexibility index (Phi) is 5.22. The number of phenolic OH excluding ortho intramolecular Hbond substituents is 1. The smallest absolute Gasteiger partial charge is 0.167 e. The fourth-order valence-electron chi connectivity index (χ4n) is 4.06. The highest BCUT2D eigenvalue weighted by Gasteiger charge is 2.15. The molecule has 2 heterocycles. The minimum absolute atomic E-state index is 0.133.